The normalized spacial score (nSPS) is 15.3. The molecule has 0 atom stereocenters. The monoisotopic (exact) mass is 419 g/mol. The lowest BCUT2D eigenvalue weighted by atomic mass is 9.77. The molecule has 3 aromatic rings. The minimum atomic E-state index is -0.878. The van der Waals surface area contributed by atoms with E-state index in [1.54, 1.807) is 24.3 Å². The van der Waals surface area contributed by atoms with Crippen molar-refractivity contribution in [1.82, 2.24) is 0 Å². The molecule has 0 bridgehead atoms. The summed E-state index contributed by atoms with van der Waals surface area (Å²) in [5.41, 5.74) is 3.73. The van der Waals surface area contributed by atoms with E-state index in [1.165, 1.54) is 0 Å². The molecule has 2 heterocycles. The molecule has 0 saturated carbocycles. The Morgan fingerprint density at radius 3 is 2.13 bits per heavy atom. The van der Waals surface area contributed by atoms with Gasteiger partial charge in [-0.1, -0.05) is 32.1 Å². The van der Waals surface area contributed by atoms with Crippen molar-refractivity contribution in [3.63, 3.8) is 0 Å². The summed E-state index contributed by atoms with van der Waals surface area (Å²) in [4.78, 5) is 0.788. The van der Waals surface area contributed by atoms with E-state index in [0.29, 0.717) is 18.1 Å². The molecule has 3 N–H and O–H groups in total. The quantitative estimate of drug-likeness (QED) is 0.482. The van der Waals surface area contributed by atoms with E-state index in [0.717, 1.165) is 32.9 Å². The number of phenolic OH excluding ortho intramolecular Hbond substituents is 2. The second-order valence-electron chi connectivity index (χ2n) is 7.95. The van der Waals surface area contributed by atoms with E-state index in [4.69, 9.17) is 21.7 Å². The van der Waals surface area contributed by atoms with E-state index in [9.17, 15) is 10.2 Å². The van der Waals surface area contributed by atoms with Crippen LogP contribution in [0.4, 0.5) is 5.69 Å². The third-order valence-electron chi connectivity index (χ3n) is 5.63. The molecular formula is C24H21NO4S. The molecule has 2 aliphatic rings. The first kappa shape index (κ1) is 18.9. The Morgan fingerprint density at radius 1 is 0.933 bits per heavy atom. The summed E-state index contributed by atoms with van der Waals surface area (Å²) in [5, 5.41) is 23.3. The van der Waals surface area contributed by atoms with E-state index >= 15 is 0 Å². The minimum Gasteiger partial charge on any atom is -0.508 e. The molecule has 30 heavy (non-hydrogen) atoms. The van der Waals surface area contributed by atoms with E-state index in [1.807, 2.05) is 24.3 Å². The highest BCUT2D eigenvalue weighted by atomic mass is 32.1. The highest BCUT2D eigenvalue weighted by molar-refractivity contribution is 7.80. The number of phenols is 2. The van der Waals surface area contributed by atoms with E-state index < -0.39 is 5.60 Å². The van der Waals surface area contributed by atoms with Gasteiger partial charge in [-0.15, -0.1) is 0 Å². The summed E-state index contributed by atoms with van der Waals surface area (Å²) in [5.74, 6) is 1.47. The van der Waals surface area contributed by atoms with Crippen molar-refractivity contribution in [2.24, 2.45) is 5.92 Å². The van der Waals surface area contributed by atoms with Gasteiger partial charge < -0.3 is 25.0 Å². The largest absolute Gasteiger partial charge is 0.508 e. The van der Waals surface area contributed by atoms with Gasteiger partial charge in [0, 0.05) is 34.9 Å². The summed E-state index contributed by atoms with van der Waals surface area (Å²) >= 11 is 5.43. The zero-order chi connectivity index (χ0) is 21.0. The number of benzene rings is 3. The van der Waals surface area contributed by atoms with Gasteiger partial charge >= 0.3 is 0 Å². The summed E-state index contributed by atoms with van der Waals surface area (Å²) in [6.45, 7) is 4.53. The van der Waals surface area contributed by atoms with Gasteiger partial charge in [0.25, 0.3) is 0 Å². The van der Waals surface area contributed by atoms with Gasteiger partial charge in [0.1, 0.15) is 23.0 Å². The summed E-state index contributed by atoms with van der Waals surface area (Å²) in [6, 6.07) is 16.2. The van der Waals surface area contributed by atoms with Gasteiger partial charge in [0.15, 0.2) is 5.60 Å². The van der Waals surface area contributed by atoms with Crippen molar-refractivity contribution in [3.8, 4) is 23.0 Å². The fourth-order valence-electron chi connectivity index (χ4n) is 4.17. The fraction of sp³-hybridized carbons (Fsp3) is 0.208. The molecule has 1 spiro atoms. The second-order valence-corrected chi connectivity index (χ2v) is 8.39. The van der Waals surface area contributed by atoms with Crippen LogP contribution in [0.5, 0.6) is 23.0 Å². The van der Waals surface area contributed by atoms with Crippen LogP contribution in [0, 0.1) is 5.92 Å². The van der Waals surface area contributed by atoms with Crippen molar-refractivity contribution >= 4 is 22.9 Å². The average Bonchev–Trinajstić information content (AvgIpc) is 3.07. The van der Waals surface area contributed by atoms with Crippen LogP contribution in [-0.2, 0) is 16.9 Å². The lowest BCUT2D eigenvalue weighted by molar-refractivity contribution is 0.0198. The molecule has 0 fully saturated rings. The zero-order valence-electron chi connectivity index (χ0n) is 16.6. The third kappa shape index (κ3) is 2.75. The number of anilines is 1. The average molecular weight is 420 g/mol. The van der Waals surface area contributed by atoms with Gasteiger partial charge in [0.05, 0.1) is 11.6 Å². The second kappa shape index (κ2) is 6.72. The highest BCUT2D eigenvalue weighted by Gasteiger charge is 2.49. The van der Waals surface area contributed by atoms with Crippen LogP contribution in [0.3, 0.4) is 0 Å². The lowest BCUT2D eigenvalue weighted by Crippen LogP contribution is -2.32. The first-order chi connectivity index (χ1) is 14.4. The maximum absolute atomic E-state index is 9.99. The molecule has 5 rings (SSSR count). The number of fused-ring (bicyclic) bond motifs is 6. The zero-order valence-corrected chi connectivity index (χ0v) is 17.4. The summed E-state index contributed by atoms with van der Waals surface area (Å²) in [6.07, 6.45) is 0. The first-order valence-electron chi connectivity index (χ1n) is 9.81. The van der Waals surface area contributed by atoms with E-state index in [-0.39, 0.29) is 17.4 Å². The van der Waals surface area contributed by atoms with Crippen molar-refractivity contribution in [2.45, 2.75) is 26.1 Å². The highest BCUT2D eigenvalue weighted by Crippen LogP contribution is 2.57. The van der Waals surface area contributed by atoms with Crippen molar-refractivity contribution < 1.29 is 19.7 Å². The summed E-state index contributed by atoms with van der Waals surface area (Å²) < 4.78 is 12.5. The molecule has 2 aliphatic heterocycles. The van der Waals surface area contributed by atoms with Crippen LogP contribution in [0.25, 0.3) is 0 Å². The van der Waals surface area contributed by atoms with Crippen LogP contribution in [0.15, 0.2) is 54.6 Å². The Balaban J connectivity index is 1.69. The van der Waals surface area contributed by atoms with Gasteiger partial charge in [-0.2, -0.15) is 0 Å². The molecule has 5 nitrogen and oxygen atoms in total. The number of rotatable bonds is 2. The molecule has 0 aromatic heterocycles. The van der Waals surface area contributed by atoms with Crippen molar-refractivity contribution in [2.75, 3.05) is 5.32 Å². The first-order valence-corrected chi connectivity index (χ1v) is 10.2. The fourth-order valence-corrected chi connectivity index (χ4v) is 4.28. The number of hydrogen-bond acceptors (Lipinski definition) is 5. The molecular weight excluding hydrogens is 398 g/mol. The standard InChI is InChI=1S/C24H21NO4S/c1-13(2)23(30)25-15-3-6-18-14(9-15)12-28-24(18)19-7-4-16(26)10-21(19)29-22-11-17(27)5-8-20(22)24/h3-11,13,26-27H,12H2,1-2H3,(H,25,30). The number of ether oxygens (including phenoxy) is 2. The SMILES string of the molecule is CC(C)C(=S)Nc1ccc2c(c1)COC21c2ccc(O)cc2Oc2cc(O)ccc21. The number of nitrogens with one attached hydrogen (secondary N) is 1. The van der Waals surface area contributed by atoms with Gasteiger partial charge in [-0.05, 0) is 47.5 Å². The maximum atomic E-state index is 9.99. The molecule has 0 aliphatic carbocycles. The topological polar surface area (TPSA) is 71.0 Å². The lowest BCUT2D eigenvalue weighted by Gasteiger charge is -2.37. The summed E-state index contributed by atoms with van der Waals surface area (Å²) in [7, 11) is 0. The van der Waals surface area contributed by atoms with Crippen LogP contribution >= 0.6 is 12.2 Å². The van der Waals surface area contributed by atoms with Gasteiger partial charge in [-0.25, -0.2) is 0 Å². The number of hydrogen-bond donors (Lipinski definition) is 3. The molecule has 3 aromatic carbocycles. The van der Waals surface area contributed by atoms with Gasteiger partial charge in [0.2, 0.25) is 0 Å². The predicted octanol–water partition coefficient (Wildman–Crippen LogP) is 5.42. The Bertz CT molecular complexity index is 1140. The number of thiocarbonyl (C=S) groups is 1. The Morgan fingerprint density at radius 2 is 1.53 bits per heavy atom. The van der Waals surface area contributed by atoms with Crippen LogP contribution in [0.1, 0.15) is 36.1 Å². The van der Waals surface area contributed by atoms with Crippen LogP contribution < -0.4 is 10.1 Å². The Hall–Kier alpha value is -3.09. The number of aromatic hydroxyl groups is 2. The Kier molecular flexibility index (Phi) is 4.24. The predicted molar refractivity (Wildman–Crippen MR) is 118 cm³/mol. The molecule has 0 radical (unpaired) electrons. The molecule has 0 amide bonds. The van der Waals surface area contributed by atoms with Gasteiger partial charge in [-0.3, -0.25) is 0 Å². The van der Waals surface area contributed by atoms with Crippen molar-refractivity contribution in [3.05, 3.63) is 76.9 Å². The smallest absolute Gasteiger partial charge is 0.151 e. The molecule has 152 valence electrons. The van der Waals surface area contributed by atoms with Crippen molar-refractivity contribution in [1.29, 1.82) is 0 Å². The third-order valence-corrected chi connectivity index (χ3v) is 6.20. The maximum Gasteiger partial charge on any atom is 0.151 e. The minimum absolute atomic E-state index is 0.104. The Labute approximate surface area is 179 Å². The molecule has 6 heteroatoms. The van der Waals surface area contributed by atoms with Crippen LogP contribution in [0.2, 0.25) is 0 Å². The molecule has 0 unspecified atom stereocenters. The van der Waals surface area contributed by atoms with Crippen LogP contribution in [-0.4, -0.2) is 15.2 Å². The van der Waals surface area contributed by atoms with E-state index in [2.05, 4.69) is 25.2 Å². The molecule has 0 saturated heterocycles.